The number of carbonyl (C=O) groups is 1. The van der Waals surface area contributed by atoms with E-state index >= 15 is 0 Å². The van der Waals surface area contributed by atoms with Crippen LogP contribution in [0.15, 0.2) is 81.0 Å². The molecule has 6 nitrogen and oxygen atoms in total. The van der Waals surface area contributed by atoms with Gasteiger partial charge < -0.3 is 18.6 Å². The van der Waals surface area contributed by atoms with Gasteiger partial charge >= 0.3 is 11.6 Å². The topological polar surface area (TPSA) is 75.0 Å². The summed E-state index contributed by atoms with van der Waals surface area (Å²) in [5.74, 6) is -0.375. The third kappa shape index (κ3) is 7.09. The molecular weight excluding hydrogens is 444 g/mol. The lowest BCUT2D eigenvalue weighted by atomic mass is 10.1. The molecule has 0 saturated heterocycles. The predicted octanol–water partition coefficient (Wildman–Crippen LogP) is 6.87. The van der Waals surface area contributed by atoms with E-state index in [0.717, 1.165) is 12.8 Å². The smallest absolute Gasteiger partial charge is 0.383 e. The minimum atomic E-state index is -0.728. The Morgan fingerprint density at radius 3 is 2.40 bits per heavy atom. The highest BCUT2D eigenvalue weighted by molar-refractivity contribution is 5.97. The van der Waals surface area contributed by atoms with Crippen LogP contribution in [0, 0.1) is 0 Å². The van der Waals surface area contributed by atoms with E-state index in [-0.39, 0.29) is 23.2 Å². The molecule has 184 valence electrons. The molecule has 0 atom stereocenters. The fourth-order valence-corrected chi connectivity index (χ4v) is 3.42. The lowest BCUT2D eigenvalue weighted by Gasteiger charge is -2.16. The van der Waals surface area contributed by atoms with Crippen LogP contribution in [-0.4, -0.2) is 18.7 Å². The monoisotopic (exact) mass is 476 g/mol. The zero-order chi connectivity index (χ0) is 25.4. The summed E-state index contributed by atoms with van der Waals surface area (Å²) < 4.78 is 23.0. The van der Waals surface area contributed by atoms with Crippen molar-refractivity contribution >= 4 is 16.9 Å². The van der Waals surface area contributed by atoms with Gasteiger partial charge in [0, 0.05) is 0 Å². The van der Waals surface area contributed by atoms with Crippen molar-refractivity contribution < 1.29 is 23.4 Å². The molecule has 1 aromatic heterocycles. The highest BCUT2D eigenvalue weighted by Crippen LogP contribution is 2.39. The number of esters is 1. The van der Waals surface area contributed by atoms with Crippen molar-refractivity contribution in [3.63, 3.8) is 0 Å². The molecule has 0 saturated carbocycles. The molecule has 0 aliphatic carbocycles. The highest BCUT2D eigenvalue weighted by atomic mass is 16.6. The molecule has 35 heavy (non-hydrogen) atoms. The molecule has 3 rings (SSSR count). The summed E-state index contributed by atoms with van der Waals surface area (Å²) in [6.45, 7) is 10.1. The standard InChI is InChI=1S/C29H32O6/c1-19(2)11-9-12-21(5)17-18-32-23-15-10-16-24-25(23)26(27(29(31)34-24)33-20(3)4)35-28(30)22-13-7-6-8-14-22/h6-8,10-11,13-17,20H,9,12,18H2,1-5H3/b21-17+. The van der Waals surface area contributed by atoms with Crippen molar-refractivity contribution in [2.45, 2.75) is 53.6 Å². The van der Waals surface area contributed by atoms with Crippen molar-refractivity contribution in [2.75, 3.05) is 6.61 Å². The van der Waals surface area contributed by atoms with E-state index in [1.807, 2.05) is 6.08 Å². The normalized spacial score (nSPS) is 11.4. The Morgan fingerprint density at radius 1 is 0.971 bits per heavy atom. The molecule has 0 radical (unpaired) electrons. The maximum absolute atomic E-state index is 12.9. The SMILES string of the molecule is CC(C)=CCC/C(C)=C/COc1cccc2oc(=O)c(OC(C)C)c(OC(=O)c3ccccc3)c12. The van der Waals surface area contributed by atoms with Crippen molar-refractivity contribution in [1.82, 2.24) is 0 Å². The Labute approximate surface area is 205 Å². The summed E-state index contributed by atoms with van der Waals surface area (Å²) in [4.78, 5) is 25.6. The second-order valence-corrected chi connectivity index (χ2v) is 8.78. The molecule has 0 bridgehead atoms. The molecule has 3 aromatic rings. The largest absolute Gasteiger partial charge is 0.489 e. The van der Waals surface area contributed by atoms with Crippen LogP contribution in [0.2, 0.25) is 0 Å². The summed E-state index contributed by atoms with van der Waals surface area (Å²) >= 11 is 0. The van der Waals surface area contributed by atoms with Crippen LogP contribution in [0.3, 0.4) is 0 Å². The first-order valence-electron chi connectivity index (χ1n) is 11.7. The Bertz CT molecular complexity index is 1280. The minimum Gasteiger partial charge on any atom is -0.489 e. The molecular formula is C29H32O6. The van der Waals surface area contributed by atoms with Gasteiger partial charge in [-0.2, -0.15) is 0 Å². The third-order valence-electron chi connectivity index (χ3n) is 5.13. The summed E-state index contributed by atoms with van der Waals surface area (Å²) in [6, 6.07) is 13.6. The number of hydrogen-bond acceptors (Lipinski definition) is 6. The summed E-state index contributed by atoms with van der Waals surface area (Å²) in [6.07, 6.45) is 5.78. The van der Waals surface area contributed by atoms with Gasteiger partial charge in [0.05, 0.1) is 11.7 Å². The molecule has 6 heteroatoms. The predicted molar refractivity (Wildman–Crippen MR) is 138 cm³/mol. The van der Waals surface area contributed by atoms with E-state index in [1.54, 1.807) is 62.4 Å². The Morgan fingerprint density at radius 2 is 1.71 bits per heavy atom. The molecule has 1 heterocycles. The van der Waals surface area contributed by atoms with E-state index in [2.05, 4.69) is 26.8 Å². The second-order valence-electron chi connectivity index (χ2n) is 8.78. The average molecular weight is 477 g/mol. The number of fused-ring (bicyclic) bond motifs is 1. The lowest BCUT2D eigenvalue weighted by molar-refractivity contribution is 0.0726. The van der Waals surface area contributed by atoms with Gasteiger partial charge in [-0.05, 0) is 77.8 Å². The maximum Gasteiger partial charge on any atom is 0.383 e. The van der Waals surface area contributed by atoms with E-state index in [9.17, 15) is 9.59 Å². The number of rotatable bonds is 10. The summed E-state index contributed by atoms with van der Waals surface area (Å²) in [5.41, 5.74) is 2.35. The van der Waals surface area contributed by atoms with E-state index in [4.69, 9.17) is 18.6 Å². The van der Waals surface area contributed by atoms with Gasteiger partial charge in [-0.1, -0.05) is 41.5 Å². The van der Waals surface area contributed by atoms with Crippen molar-refractivity contribution in [2.24, 2.45) is 0 Å². The Hall–Kier alpha value is -3.80. The molecule has 0 amide bonds. The van der Waals surface area contributed by atoms with Crippen molar-refractivity contribution in [3.8, 4) is 17.2 Å². The lowest BCUT2D eigenvalue weighted by Crippen LogP contribution is -2.17. The number of carbonyl (C=O) groups excluding carboxylic acids is 1. The van der Waals surface area contributed by atoms with Gasteiger partial charge in [0.1, 0.15) is 23.3 Å². The zero-order valence-electron chi connectivity index (χ0n) is 20.9. The average Bonchev–Trinajstić information content (AvgIpc) is 2.81. The number of benzene rings is 2. The molecule has 0 N–H and O–H groups in total. The summed E-state index contributed by atoms with van der Waals surface area (Å²) in [7, 11) is 0. The van der Waals surface area contributed by atoms with E-state index < -0.39 is 11.6 Å². The quantitative estimate of drug-likeness (QED) is 0.181. The number of hydrogen-bond donors (Lipinski definition) is 0. The number of allylic oxidation sites excluding steroid dienone is 3. The first kappa shape index (κ1) is 25.8. The van der Waals surface area contributed by atoms with Crippen molar-refractivity contribution in [1.29, 1.82) is 0 Å². The first-order valence-corrected chi connectivity index (χ1v) is 11.7. The molecule has 0 unspecified atom stereocenters. The number of ether oxygens (including phenoxy) is 3. The summed E-state index contributed by atoms with van der Waals surface area (Å²) in [5, 5.41) is 0.364. The highest BCUT2D eigenvalue weighted by Gasteiger charge is 2.24. The van der Waals surface area contributed by atoms with Gasteiger partial charge in [-0.15, -0.1) is 0 Å². The molecule has 0 aliphatic heterocycles. The van der Waals surface area contributed by atoms with Crippen LogP contribution < -0.4 is 19.8 Å². The maximum atomic E-state index is 12.9. The Kier molecular flexibility index (Phi) is 8.90. The van der Waals surface area contributed by atoms with Gasteiger partial charge in [0.25, 0.3) is 0 Å². The van der Waals surface area contributed by atoms with E-state index in [0.29, 0.717) is 23.3 Å². The molecule has 0 aliphatic rings. The fraction of sp³-hybridized carbons (Fsp3) is 0.310. The van der Waals surface area contributed by atoms with Gasteiger partial charge in [0.2, 0.25) is 5.75 Å². The third-order valence-corrected chi connectivity index (χ3v) is 5.13. The zero-order valence-corrected chi connectivity index (χ0v) is 20.9. The molecule has 2 aromatic carbocycles. The molecule has 0 spiro atoms. The second kappa shape index (κ2) is 12.1. The van der Waals surface area contributed by atoms with Crippen LogP contribution in [0.4, 0.5) is 0 Å². The molecule has 0 fully saturated rings. The van der Waals surface area contributed by atoms with Gasteiger partial charge in [-0.3, -0.25) is 0 Å². The van der Waals surface area contributed by atoms with Crippen LogP contribution in [0.1, 0.15) is 57.8 Å². The van der Waals surface area contributed by atoms with Crippen LogP contribution in [0.25, 0.3) is 11.0 Å². The van der Waals surface area contributed by atoms with Crippen LogP contribution in [-0.2, 0) is 0 Å². The van der Waals surface area contributed by atoms with Gasteiger partial charge in [-0.25, -0.2) is 9.59 Å². The van der Waals surface area contributed by atoms with E-state index in [1.165, 1.54) is 11.1 Å². The van der Waals surface area contributed by atoms with Crippen LogP contribution in [0.5, 0.6) is 17.2 Å². The minimum absolute atomic E-state index is 0.0151. The Balaban J connectivity index is 1.99. The van der Waals surface area contributed by atoms with Gasteiger partial charge in [0.15, 0.2) is 5.75 Å². The van der Waals surface area contributed by atoms with Crippen molar-refractivity contribution in [3.05, 3.63) is 87.8 Å². The first-order chi connectivity index (χ1) is 16.8. The fourth-order valence-electron chi connectivity index (χ4n) is 3.42. The van der Waals surface area contributed by atoms with Crippen LogP contribution >= 0.6 is 0 Å².